The van der Waals surface area contributed by atoms with Crippen LogP contribution in [0.25, 0.3) is 5.69 Å². The Kier molecular flexibility index (Phi) is 7.08. The molecule has 0 aliphatic heterocycles. The number of carbonyl (C=O) groups excluding carboxylic acids is 1. The predicted molar refractivity (Wildman–Crippen MR) is 146 cm³/mol. The van der Waals surface area contributed by atoms with Crippen LogP contribution in [0.4, 0.5) is 5.69 Å². The molecule has 37 heavy (non-hydrogen) atoms. The third-order valence-electron chi connectivity index (χ3n) is 6.73. The number of aryl methyl sites for hydroxylation is 2. The van der Waals surface area contributed by atoms with Crippen molar-refractivity contribution in [1.29, 1.82) is 0 Å². The minimum atomic E-state index is -0.253. The number of hydrogen-bond acceptors (Lipinski definition) is 5. The van der Waals surface area contributed by atoms with Crippen LogP contribution in [0, 0.1) is 19.8 Å². The lowest BCUT2D eigenvalue weighted by molar-refractivity contribution is 0.101. The van der Waals surface area contributed by atoms with Crippen molar-refractivity contribution in [2.24, 2.45) is 11.7 Å². The molecule has 1 unspecified atom stereocenters. The van der Waals surface area contributed by atoms with E-state index >= 15 is 0 Å². The SMILES string of the molecule is Cc1ccc(O)c(C(NCC2CC2)c2cccc(NC(=O)c3cc(C)nn3-c3cccc(CN)c3)c2)c1. The Morgan fingerprint density at radius 2 is 1.89 bits per heavy atom. The number of nitrogens with zero attached hydrogens (tertiary/aromatic N) is 2. The van der Waals surface area contributed by atoms with Gasteiger partial charge in [0.15, 0.2) is 0 Å². The minimum absolute atomic E-state index is 0.191. The highest BCUT2D eigenvalue weighted by atomic mass is 16.3. The molecule has 5 rings (SSSR count). The molecule has 1 aliphatic carbocycles. The van der Waals surface area contributed by atoms with Crippen molar-refractivity contribution in [1.82, 2.24) is 15.1 Å². The molecule has 3 aromatic carbocycles. The molecule has 7 heteroatoms. The van der Waals surface area contributed by atoms with Crippen molar-refractivity contribution in [3.8, 4) is 11.4 Å². The van der Waals surface area contributed by atoms with Crippen LogP contribution in [0.15, 0.2) is 72.8 Å². The summed E-state index contributed by atoms with van der Waals surface area (Å²) < 4.78 is 1.65. The second kappa shape index (κ2) is 10.6. The monoisotopic (exact) mass is 495 g/mol. The Morgan fingerprint density at radius 3 is 2.68 bits per heavy atom. The van der Waals surface area contributed by atoms with Gasteiger partial charge in [-0.3, -0.25) is 4.79 Å². The van der Waals surface area contributed by atoms with Crippen LogP contribution in [0.3, 0.4) is 0 Å². The lowest BCUT2D eigenvalue weighted by atomic mass is 9.95. The first-order valence-corrected chi connectivity index (χ1v) is 12.7. The third-order valence-corrected chi connectivity index (χ3v) is 6.73. The molecule has 1 atom stereocenters. The van der Waals surface area contributed by atoms with Crippen molar-refractivity contribution in [3.05, 3.63) is 106 Å². The molecule has 1 amide bonds. The number of phenolic OH excluding ortho intramolecular Hbond substituents is 1. The van der Waals surface area contributed by atoms with Crippen molar-refractivity contribution < 1.29 is 9.90 Å². The molecule has 1 aliphatic rings. The van der Waals surface area contributed by atoms with E-state index in [1.807, 2.05) is 74.5 Å². The first-order chi connectivity index (χ1) is 17.9. The fourth-order valence-corrected chi connectivity index (χ4v) is 4.58. The molecular weight excluding hydrogens is 462 g/mol. The Labute approximate surface area is 217 Å². The molecule has 0 spiro atoms. The number of amides is 1. The Balaban J connectivity index is 1.43. The van der Waals surface area contributed by atoms with E-state index in [2.05, 4.69) is 15.7 Å². The molecule has 0 bridgehead atoms. The highest BCUT2D eigenvalue weighted by Gasteiger charge is 2.25. The lowest BCUT2D eigenvalue weighted by Gasteiger charge is -2.22. The van der Waals surface area contributed by atoms with Crippen LogP contribution in [-0.2, 0) is 6.54 Å². The number of nitrogens with two attached hydrogens (primary N) is 1. The van der Waals surface area contributed by atoms with Crippen LogP contribution < -0.4 is 16.4 Å². The van der Waals surface area contributed by atoms with E-state index in [1.165, 1.54) is 12.8 Å². The summed E-state index contributed by atoms with van der Waals surface area (Å²) in [7, 11) is 0. The number of rotatable bonds is 9. The number of phenols is 1. The van der Waals surface area contributed by atoms with Gasteiger partial charge in [-0.05, 0) is 86.7 Å². The summed E-state index contributed by atoms with van der Waals surface area (Å²) in [6.07, 6.45) is 2.47. The van der Waals surface area contributed by atoms with Gasteiger partial charge in [-0.15, -0.1) is 0 Å². The summed E-state index contributed by atoms with van der Waals surface area (Å²) in [5, 5.41) is 21.9. The minimum Gasteiger partial charge on any atom is -0.508 e. The lowest BCUT2D eigenvalue weighted by Crippen LogP contribution is -2.25. The predicted octanol–water partition coefficient (Wildman–Crippen LogP) is 4.99. The van der Waals surface area contributed by atoms with E-state index in [-0.39, 0.29) is 17.7 Å². The molecule has 5 N–H and O–H groups in total. The van der Waals surface area contributed by atoms with Gasteiger partial charge in [0.05, 0.1) is 17.4 Å². The number of anilines is 1. The Morgan fingerprint density at radius 1 is 1.08 bits per heavy atom. The maximum absolute atomic E-state index is 13.4. The Bertz CT molecular complexity index is 1420. The molecule has 0 saturated heterocycles. The number of carbonyl (C=O) groups is 1. The third kappa shape index (κ3) is 5.74. The van der Waals surface area contributed by atoms with Gasteiger partial charge in [0.2, 0.25) is 0 Å². The first-order valence-electron chi connectivity index (χ1n) is 12.7. The number of nitrogens with one attached hydrogen (secondary N) is 2. The average Bonchev–Trinajstić information content (AvgIpc) is 3.65. The van der Waals surface area contributed by atoms with Crippen molar-refractivity contribution in [2.75, 3.05) is 11.9 Å². The van der Waals surface area contributed by atoms with E-state index in [0.717, 1.165) is 40.2 Å². The topological polar surface area (TPSA) is 105 Å². The van der Waals surface area contributed by atoms with Gasteiger partial charge in [-0.1, -0.05) is 42.0 Å². The summed E-state index contributed by atoms with van der Waals surface area (Å²) in [5.74, 6) is 0.683. The van der Waals surface area contributed by atoms with Crippen molar-refractivity contribution in [3.63, 3.8) is 0 Å². The number of aromatic hydroxyl groups is 1. The standard InChI is InChI=1S/C30H33N5O2/c1-19-9-12-28(36)26(13-19)29(32-18-21-10-11-21)23-6-4-7-24(16-23)33-30(37)27-14-20(2)34-35(27)25-8-3-5-22(15-25)17-31/h3-9,12-16,21,29,32,36H,10-11,17-18,31H2,1-2H3,(H,33,37). The number of aromatic nitrogens is 2. The summed E-state index contributed by atoms with van der Waals surface area (Å²) in [5.41, 5.74) is 12.3. The first kappa shape index (κ1) is 24.7. The van der Waals surface area contributed by atoms with Crippen LogP contribution in [0.2, 0.25) is 0 Å². The quantitative estimate of drug-likeness (QED) is 0.262. The van der Waals surface area contributed by atoms with Gasteiger partial charge < -0.3 is 21.5 Å². The fraction of sp³-hybridized carbons (Fsp3) is 0.267. The smallest absolute Gasteiger partial charge is 0.274 e. The van der Waals surface area contributed by atoms with Crippen LogP contribution >= 0.6 is 0 Å². The van der Waals surface area contributed by atoms with Crippen molar-refractivity contribution in [2.45, 2.75) is 39.3 Å². The Hall–Kier alpha value is -3.94. The second-order valence-corrected chi connectivity index (χ2v) is 9.88. The van der Waals surface area contributed by atoms with Gasteiger partial charge in [-0.25, -0.2) is 4.68 Å². The maximum Gasteiger partial charge on any atom is 0.274 e. The average molecular weight is 496 g/mol. The van der Waals surface area contributed by atoms with E-state index in [9.17, 15) is 9.90 Å². The van der Waals surface area contributed by atoms with Gasteiger partial charge in [0.25, 0.3) is 5.91 Å². The molecule has 0 radical (unpaired) electrons. The molecule has 1 heterocycles. The zero-order valence-corrected chi connectivity index (χ0v) is 21.2. The van der Waals surface area contributed by atoms with E-state index in [4.69, 9.17) is 5.73 Å². The van der Waals surface area contributed by atoms with Gasteiger partial charge in [0.1, 0.15) is 11.4 Å². The normalized spacial score (nSPS) is 13.9. The fourth-order valence-electron chi connectivity index (χ4n) is 4.58. The highest BCUT2D eigenvalue weighted by molar-refractivity contribution is 6.03. The van der Waals surface area contributed by atoms with E-state index in [0.29, 0.717) is 23.8 Å². The number of hydrogen-bond donors (Lipinski definition) is 4. The van der Waals surface area contributed by atoms with Gasteiger partial charge in [-0.2, -0.15) is 5.10 Å². The molecule has 1 aromatic heterocycles. The van der Waals surface area contributed by atoms with E-state index in [1.54, 1.807) is 16.8 Å². The molecule has 7 nitrogen and oxygen atoms in total. The second-order valence-electron chi connectivity index (χ2n) is 9.88. The zero-order chi connectivity index (χ0) is 25.9. The molecule has 190 valence electrons. The van der Waals surface area contributed by atoms with Crippen LogP contribution in [-0.4, -0.2) is 27.3 Å². The van der Waals surface area contributed by atoms with Gasteiger partial charge >= 0.3 is 0 Å². The zero-order valence-electron chi connectivity index (χ0n) is 21.2. The molecule has 1 fully saturated rings. The van der Waals surface area contributed by atoms with Crippen LogP contribution in [0.1, 0.15) is 57.3 Å². The highest BCUT2D eigenvalue weighted by Crippen LogP contribution is 2.34. The maximum atomic E-state index is 13.4. The summed E-state index contributed by atoms with van der Waals surface area (Å²) in [6.45, 7) is 5.18. The van der Waals surface area contributed by atoms with Crippen LogP contribution in [0.5, 0.6) is 5.75 Å². The van der Waals surface area contributed by atoms with Crippen molar-refractivity contribution >= 4 is 11.6 Å². The summed E-state index contributed by atoms with van der Waals surface area (Å²) >= 11 is 0. The van der Waals surface area contributed by atoms with Gasteiger partial charge in [0, 0.05) is 17.8 Å². The molecule has 4 aromatic rings. The number of benzene rings is 3. The molecule has 1 saturated carbocycles. The summed E-state index contributed by atoms with van der Waals surface area (Å²) in [6, 6.07) is 22.7. The van der Waals surface area contributed by atoms with E-state index < -0.39 is 0 Å². The largest absolute Gasteiger partial charge is 0.508 e. The summed E-state index contributed by atoms with van der Waals surface area (Å²) in [4.78, 5) is 13.4. The molecular formula is C30H33N5O2.